The molecule has 2 atom stereocenters. The Balaban J connectivity index is 1.84. The lowest BCUT2D eigenvalue weighted by Crippen LogP contribution is -2.24. The molecule has 0 aliphatic carbocycles. The van der Waals surface area contributed by atoms with Gasteiger partial charge in [-0.25, -0.2) is 0 Å². The summed E-state index contributed by atoms with van der Waals surface area (Å²) in [4.78, 5) is 0. The van der Waals surface area contributed by atoms with E-state index in [1.54, 1.807) is 0 Å². The Hall–Kier alpha value is -2.87. The van der Waals surface area contributed by atoms with E-state index in [9.17, 15) is 0 Å². The molecule has 1 aliphatic heterocycles. The number of para-hydroxylation sites is 1. The van der Waals surface area contributed by atoms with Gasteiger partial charge in [-0.3, -0.25) is 5.01 Å². The van der Waals surface area contributed by atoms with Crippen LogP contribution in [-0.4, -0.2) is 5.71 Å². The van der Waals surface area contributed by atoms with Crippen LogP contribution in [0.1, 0.15) is 29.7 Å². The maximum atomic E-state index is 5.08. The molecular formula is C23H22N2. The molecule has 1 heterocycles. The number of hydrogen-bond donors (Lipinski definition) is 0. The lowest BCUT2D eigenvalue weighted by Gasteiger charge is -2.28. The van der Waals surface area contributed by atoms with Crippen LogP contribution < -0.4 is 5.01 Å². The van der Waals surface area contributed by atoms with Crippen LogP contribution in [0.5, 0.6) is 0 Å². The molecule has 2 nitrogen and oxygen atoms in total. The Bertz CT molecular complexity index is 884. The van der Waals surface area contributed by atoms with E-state index in [1.165, 1.54) is 22.4 Å². The normalized spacial score (nSPS) is 19.8. The molecule has 0 amide bonds. The van der Waals surface area contributed by atoms with Crippen molar-refractivity contribution in [3.05, 3.63) is 102 Å². The second kappa shape index (κ2) is 6.56. The summed E-state index contributed by atoms with van der Waals surface area (Å²) < 4.78 is 0. The SMILES string of the molecule is Cc1ccccc1N1N=C(c2ccccc2)C(C)C1c1ccccc1. The summed E-state index contributed by atoms with van der Waals surface area (Å²) >= 11 is 0. The molecule has 2 heteroatoms. The number of aryl methyl sites for hydroxylation is 1. The molecule has 1 aliphatic rings. The molecular weight excluding hydrogens is 304 g/mol. The summed E-state index contributed by atoms with van der Waals surface area (Å²) in [7, 11) is 0. The van der Waals surface area contributed by atoms with Crippen LogP contribution in [0.3, 0.4) is 0 Å². The molecule has 124 valence electrons. The molecule has 3 aromatic carbocycles. The molecule has 0 saturated heterocycles. The van der Waals surface area contributed by atoms with Crippen molar-refractivity contribution in [3.8, 4) is 0 Å². The molecule has 25 heavy (non-hydrogen) atoms. The average Bonchev–Trinajstić information content (AvgIpc) is 3.00. The first-order valence-electron chi connectivity index (χ1n) is 8.79. The molecule has 4 rings (SSSR count). The standard InChI is InChI=1S/C23H22N2/c1-17-11-9-10-16-21(17)25-23(20-14-7-4-8-15-20)18(2)22(24-25)19-12-5-3-6-13-19/h3-16,18,23H,1-2H3. The minimum absolute atomic E-state index is 0.206. The van der Waals surface area contributed by atoms with Gasteiger partial charge >= 0.3 is 0 Å². The lowest BCUT2D eigenvalue weighted by molar-refractivity contribution is 0.588. The fraction of sp³-hybridized carbons (Fsp3) is 0.174. The van der Waals surface area contributed by atoms with Crippen molar-refractivity contribution in [1.82, 2.24) is 0 Å². The Kier molecular flexibility index (Phi) is 4.10. The quantitative estimate of drug-likeness (QED) is 0.612. The van der Waals surface area contributed by atoms with Crippen molar-refractivity contribution in [2.45, 2.75) is 19.9 Å². The van der Waals surface area contributed by atoms with Gasteiger partial charge in [-0.05, 0) is 29.7 Å². The Labute approximate surface area is 149 Å². The van der Waals surface area contributed by atoms with E-state index in [2.05, 4.69) is 104 Å². The average molecular weight is 326 g/mol. The monoisotopic (exact) mass is 326 g/mol. The topological polar surface area (TPSA) is 15.6 Å². The summed E-state index contributed by atoms with van der Waals surface area (Å²) in [5, 5.41) is 7.28. The number of hydrazone groups is 1. The summed E-state index contributed by atoms with van der Waals surface area (Å²) in [6.07, 6.45) is 0. The fourth-order valence-electron chi connectivity index (χ4n) is 3.66. The van der Waals surface area contributed by atoms with Gasteiger partial charge in [0.2, 0.25) is 0 Å². The zero-order valence-corrected chi connectivity index (χ0v) is 14.6. The number of hydrogen-bond acceptors (Lipinski definition) is 2. The molecule has 0 N–H and O–H groups in total. The number of nitrogens with zero attached hydrogens (tertiary/aromatic N) is 2. The van der Waals surface area contributed by atoms with Crippen molar-refractivity contribution in [3.63, 3.8) is 0 Å². The number of rotatable bonds is 3. The largest absolute Gasteiger partial charge is 0.257 e. The molecule has 3 aromatic rings. The van der Waals surface area contributed by atoms with Crippen molar-refractivity contribution in [2.24, 2.45) is 11.0 Å². The van der Waals surface area contributed by atoms with Gasteiger partial charge in [0.15, 0.2) is 0 Å². The highest BCUT2D eigenvalue weighted by molar-refractivity contribution is 6.04. The highest BCUT2D eigenvalue weighted by atomic mass is 15.5. The van der Waals surface area contributed by atoms with Crippen LogP contribution in [-0.2, 0) is 0 Å². The Morgan fingerprint density at radius 2 is 1.36 bits per heavy atom. The second-order valence-electron chi connectivity index (χ2n) is 6.63. The van der Waals surface area contributed by atoms with Crippen LogP contribution in [0.25, 0.3) is 0 Å². The summed E-state index contributed by atoms with van der Waals surface area (Å²) in [6, 6.07) is 29.9. The fourth-order valence-corrected chi connectivity index (χ4v) is 3.66. The second-order valence-corrected chi connectivity index (χ2v) is 6.63. The van der Waals surface area contributed by atoms with Gasteiger partial charge in [0.1, 0.15) is 0 Å². The number of anilines is 1. The zero-order chi connectivity index (χ0) is 17.2. The molecule has 2 unspecified atom stereocenters. The number of benzene rings is 3. The third-order valence-corrected chi connectivity index (χ3v) is 4.96. The molecule has 0 fully saturated rings. The van der Waals surface area contributed by atoms with E-state index >= 15 is 0 Å². The maximum absolute atomic E-state index is 5.08. The van der Waals surface area contributed by atoms with Gasteiger partial charge in [-0.1, -0.05) is 85.8 Å². The van der Waals surface area contributed by atoms with E-state index in [-0.39, 0.29) is 6.04 Å². The van der Waals surface area contributed by atoms with Crippen molar-refractivity contribution < 1.29 is 0 Å². The van der Waals surface area contributed by atoms with Gasteiger partial charge in [0, 0.05) is 5.92 Å². The third-order valence-electron chi connectivity index (χ3n) is 4.96. The Morgan fingerprint density at radius 1 is 0.760 bits per heavy atom. The van der Waals surface area contributed by atoms with Crippen LogP contribution in [0.4, 0.5) is 5.69 Å². The van der Waals surface area contributed by atoms with E-state index < -0.39 is 0 Å². The van der Waals surface area contributed by atoms with Gasteiger partial charge in [0.25, 0.3) is 0 Å². The first-order valence-corrected chi connectivity index (χ1v) is 8.79. The highest BCUT2D eigenvalue weighted by Crippen LogP contribution is 2.41. The highest BCUT2D eigenvalue weighted by Gasteiger charge is 2.37. The smallest absolute Gasteiger partial charge is 0.0857 e. The van der Waals surface area contributed by atoms with Crippen molar-refractivity contribution in [2.75, 3.05) is 5.01 Å². The minimum Gasteiger partial charge on any atom is -0.257 e. The van der Waals surface area contributed by atoms with Gasteiger partial charge in [-0.15, -0.1) is 0 Å². The minimum atomic E-state index is 0.206. The summed E-state index contributed by atoms with van der Waals surface area (Å²) in [6.45, 7) is 4.43. The van der Waals surface area contributed by atoms with Gasteiger partial charge < -0.3 is 0 Å². The first kappa shape index (κ1) is 15.6. The molecule has 0 radical (unpaired) electrons. The maximum Gasteiger partial charge on any atom is 0.0857 e. The predicted octanol–water partition coefficient (Wildman–Crippen LogP) is 5.60. The van der Waals surface area contributed by atoms with E-state index in [0.717, 1.165) is 5.71 Å². The molecule has 0 spiro atoms. The molecule has 0 saturated carbocycles. The van der Waals surface area contributed by atoms with Crippen LogP contribution >= 0.6 is 0 Å². The first-order chi connectivity index (χ1) is 12.3. The third kappa shape index (κ3) is 2.85. The van der Waals surface area contributed by atoms with Crippen LogP contribution in [0, 0.1) is 12.8 Å². The predicted molar refractivity (Wildman–Crippen MR) is 105 cm³/mol. The molecule has 0 aromatic heterocycles. The van der Waals surface area contributed by atoms with E-state index in [1.807, 2.05) is 0 Å². The van der Waals surface area contributed by atoms with E-state index in [4.69, 9.17) is 5.10 Å². The van der Waals surface area contributed by atoms with Crippen molar-refractivity contribution in [1.29, 1.82) is 0 Å². The summed E-state index contributed by atoms with van der Waals surface area (Å²) in [5.41, 5.74) is 6.07. The van der Waals surface area contributed by atoms with Gasteiger partial charge in [-0.2, -0.15) is 5.10 Å². The van der Waals surface area contributed by atoms with E-state index in [0.29, 0.717) is 5.92 Å². The summed E-state index contributed by atoms with van der Waals surface area (Å²) in [5.74, 6) is 0.310. The molecule has 0 bridgehead atoms. The van der Waals surface area contributed by atoms with Crippen molar-refractivity contribution >= 4 is 11.4 Å². The van der Waals surface area contributed by atoms with Gasteiger partial charge in [0.05, 0.1) is 17.4 Å². The lowest BCUT2D eigenvalue weighted by atomic mass is 9.88. The zero-order valence-electron chi connectivity index (χ0n) is 14.6. The van der Waals surface area contributed by atoms with Crippen LogP contribution in [0.15, 0.2) is 90.0 Å². The Morgan fingerprint density at radius 3 is 2.04 bits per heavy atom. The van der Waals surface area contributed by atoms with Crippen LogP contribution in [0.2, 0.25) is 0 Å².